The molecule has 0 aromatic heterocycles. The molecule has 1 nitrogen and oxygen atoms in total. The summed E-state index contributed by atoms with van der Waals surface area (Å²) in [5.74, 6) is 1.31. The van der Waals surface area contributed by atoms with E-state index in [1.54, 1.807) is 5.56 Å². The van der Waals surface area contributed by atoms with Gasteiger partial charge in [0.25, 0.3) is 0 Å². The van der Waals surface area contributed by atoms with Crippen LogP contribution >= 0.6 is 23.5 Å². The molecule has 0 spiro atoms. The number of benzene rings is 1. The number of hydrogen-bond acceptors (Lipinski definition) is 3. The van der Waals surface area contributed by atoms with Crippen molar-refractivity contribution in [2.45, 2.75) is 23.7 Å². The van der Waals surface area contributed by atoms with Gasteiger partial charge in [0.1, 0.15) is 4.71 Å². The highest BCUT2D eigenvalue weighted by molar-refractivity contribution is 8.16. The molecule has 3 heteroatoms. The molecular formula is C12H15NS2. The molecule has 0 amide bonds. The highest BCUT2D eigenvalue weighted by atomic mass is 32.2. The standard InChI is InChI=1S/C12H15NS2/c1-14-12-13-7-10-5-3-2-4-9(10)6-11(13)8-15-12/h2-5,11-12H,6-8H2,1H3/t11-,12?/m1/s1. The van der Waals surface area contributed by atoms with Gasteiger partial charge in [-0.25, -0.2) is 0 Å². The number of thioether (sulfide) groups is 2. The zero-order chi connectivity index (χ0) is 10.3. The van der Waals surface area contributed by atoms with E-state index in [0.29, 0.717) is 4.71 Å². The van der Waals surface area contributed by atoms with E-state index in [1.165, 1.54) is 17.7 Å². The highest BCUT2D eigenvalue weighted by Gasteiger charge is 2.36. The summed E-state index contributed by atoms with van der Waals surface area (Å²) in [4.78, 5) is 2.66. The summed E-state index contributed by atoms with van der Waals surface area (Å²) >= 11 is 4.09. The third-order valence-electron chi connectivity index (χ3n) is 3.30. The van der Waals surface area contributed by atoms with Crippen molar-refractivity contribution < 1.29 is 0 Å². The Morgan fingerprint density at radius 2 is 2.13 bits per heavy atom. The molecule has 2 aliphatic heterocycles. The van der Waals surface area contributed by atoms with Gasteiger partial charge in [-0.2, -0.15) is 0 Å². The van der Waals surface area contributed by atoms with Crippen LogP contribution in [0.2, 0.25) is 0 Å². The van der Waals surface area contributed by atoms with Gasteiger partial charge >= 0.3 is 0 Å². The van der Waals surface area contributed by atoms with E-state index in [1.807, 2.05) is 11.8 Å². The summed E-state index contributed by atoms with van der Waals surface area (Å²) in [6, 6.07) is 9.69. The first-order chi connectivity index (χ1) is 7.38. The second kappa shape index (κ2) is 4.04. The van der Waals surface area contributed by atoms with Gasteiger partial charge < -0.3 is 0 Å². The lowest BCUT2D eigenvalue weighted by Crippen LogP contribution is -2.39. The number of hydrogen-bond donors (Lipinski definition) is 0. The molecule has 2 atom stereocenters. The summed E-state index contributed by atoms with van der Waals surface area (Å²) in [7, 11) is 0. The molecule has 0 N–H and O–H groups in total. The Morgan fingerprint density at radius 3 is 2.93 bits per heavy atom. The molecule has 1 fully saturated rings. The lowest BCUT2D eigenvalue weighted by atomic mass is 9.95. The molecule has 1 saturated heterocycles. The first-order valence-electron chi connectivity index (χ1n) is 5.35. The average Bonchev–Trinajstić information content (AvgIpc) is 2.68. The van der Waals surface area contributed by atoms with Gasteiger partial charge in [-0.15, -0.1) is 23.5 Å². The Morgan fingerprint density at radius 1 is 1.33 bits per heavy atom. The Kier molecular flexibility index (Phi) is 2.71. The van der Waals surface area contributed by atoms with Crippen molar-refractivity contribution in [3.63, 3.8) is 0 Å². The summed E-state index contributed by atoms with van der Waals surface area (Å²) in [5.41, 5.74) is 3.11. The Labute approximate surface area is 99.6 Å². The Bertz CT molecular complexity index is 366. The van der Waals surface area contributed by atoms with Gasteiger partial charge in [-0.05, 0) is 23.8 Å². The molecule has 0 radical (unpaired) electrons. The van der Waals surface area contributed by atoms with Crippen molar-refractivity contribution >= 4 is 23.5 Å². The van der Waals surface area contributed by atoms with Gasteiger partial charge in [0.2, 0.25) is 0 Å². The molecule has 0 bridgehead atoms. The van der Waals surface area contributed by atoms with Crippen molar-refractivity contribution in [3.8, 4) is 0 Å². The SMILES string of the molecule is CSC1SC[C@H]2Cc3ccccc3CN12. The fraction of sp³-hybridized carbons (Fsp3) is 0.500. The van der Waals surface area contributed by atoms with Crippen molar-refractivity contribution in [3.05, 3.63) is 35.4 Å². The molecule has 2 heterocycles. The van der Waals surface area contributed by atoms with E-state index < -0.39 is 0 Å². The lowest BCUT2D eigenvalue weighted by molar-refractivity contribution is 0.225. The summed E-state index contributed by atoms with van der Waals surface area (Å²) in [5, 5.41) is 0. The van der Waals surface area contributed by atoms with Crippen LogP contribution in [-0.2, 0) is 13.0 Å². The number of fused-ring (bicyclic) bond motifs is 2. The molecule has 0 saturated carbocycles. The molecule has 1 aromatic carbocycles. The van der Waals surface area contributed by atoms with Crippen molar-refractivity contribution in [2.75, 3.05) is 12.0 Å². The molecule has 80 valence electrons. The van der Waals surface area contributed by atoms with Gasteiger partial charge in [0.15, 0.2) is 0 Å². The minimum atomic E-state index is 0.684. The second-order valence-corrected chi connectivity index (χ2v) is 6.50. The maximum absolute atomic E-state index is 2.66. The van der Waals surface area contributed by atoms with Crippen molar-refractivity contribution in [1.82, 2.24) is 4.90 Å². The van der Waals surface area contributed by atoms with Crippen LogP contribution in [0.5, 0.6) is 0 Å². The third-order valence-corrected chi connectivity index (χ3v) is 6.09. The second-order valence-electron chi connectivity index (χ2n) is 4.18. The van der Waals surface area contributed by atoms with Crippen LogP contribution < -0.4 is 0 Å². The maximum Gasteiger partial charge on any atom is 0.103 e. The predicted octanol–water partition coefficient (Wildman–Crippen LogP) is 2.81. The Balaban J connectivity index is 1.90. The van der Waals surface area contributed by atoms with Gasteiger partial charge in [0.05, 0.1) is 0 Å². The van der Waals surface area contributed by atoms with Crippen LogP contribution in [0.4, 0.5) is 0 Å². The molecule has 1 unspecified atom stereocenters. The van der Waals surface area contributed by atoms with E-state index in [-0.39, 0.29) is 0 Å². The van der Waals surface area contributed by atoms with E-state index in [4.69, 9.17) is 0 Å². The van der Waals surface area contributed by atoms with Crippen LogP contribution in [0, 0.1) is 0 Å². The largest absolute Gasteiger partial charge is 0.275 e. The van der Waals surface area contributed by atoms with E-state index in [9.17, 15) is 0 Å². The minimum absolute atomic E-state index is 0.684. The van der Waals surface area contributed by atoms with E-state index in [2.05, 4.69) is 47.2 Å². The fourth-order valence-electron chi connectivity index (χ4n) is 2.50. The zero-order valence-corrected chi connectivity index (χ0v) is 10.5. The maximum atomic E-state index is 2.66. The van der Waals surface area contributed by atoms with Gasteiger partial charge in [0, 0.05) is 18.3 Å². The summed E-state index contributed by atoms with van der Waals surface area (Å²) in [6.45, 7) is 1.15. The molecule has 1 aromatic rings. The third kappa shape index (κ3) is 1.71. The molecule has 2 aliphatic rings. The first kappa shape index (κ1) is 10.1. The molecule has 0 aliphatic carbocycles. The summed E-state index contributed by atoms with van der Waals surface area (Å²) < 4.78 is 0.684. The zero-order valence-electron chi connectivity index (χ0n) is 8.85. The van der Waals surface area contributed by atoms with Crippen LogP contribution in [0.3, 0.4) is 0 Å². The van der Waals surface area contributed by atoms with Gasteiger partial charge in [-0.1, -0.05) is 24.3 Å². The fourth-order valence-corrected chi connectivity index (χ4v) is 4.93. The van der Waals surface area contributed by atoms with Gasteiger partial charge in [-0.3, -0.25) is 4.90 Å². The average molecular weight is 237 g/mol. The molecule has 15 heavy (non-hydrogen) atoms. The molecule has 3 rings (SSSR count). The quantitative estimate of drug-likeness (QED) is 0.739. The Hall–Kier alpha value is -0.120. The van der Waals surface area contributed by atoms with Crippen LogP contribution in [0.25, 0.3) is 0 Å². The number of nitrogens with zero attached hydrogens (tertiary/aromatic N) is 1. The van der Waals surface area contributed by atoms with Crippen LogP contribution in [0.15, 0.2) is 24.3 Å². The topological polar surface area (TPSA) is 3.24 Å². The highest BCUT2D eigenvalue weighted by Crippen LogP contribution is 2.40. The number of rotatable bonds is 1. The van der Waals surface area contributed by atoms with E-state index >= 15 is 0 Å². The van der Waals surface area contributed by atoms with Crippen molar-refractivity contribution in [1.29, 1.82) is 0 Å². The smallest absolute Gasteiger partial charge is 0.103 e. The lowest BCUT2D eigenvalue weighted by Gasteiger charge is -2.33. The monoisotopic (exact) mass is 237 g/mol. The predicted molar refractivity (Wildman–Crippen MR) is 69.2 cm³/mol. The minimum Gasteiger partial charge on any atom is -0.275 e. The molecular weight excluding hydrogens is 222 g/mol. The van der Waals surface area contributed by atoms with Crippen LogP contribution in [0.1, 0.15) is 11.1 Å². The van der Waals surface area contributed by atoms with Crippen molar-refractivity contribution in [2.24, 2.45) is 0 Å². The van der Waals surface area contributed by atoms with E-state index in [0.717, 1.165) is 12.6 Å². The normalized spacial score (nSPS) is 29.9. The summed E-state index contributed by atoms with van der Waals surface area (Å²) in [6.07, 6.45) is 3.47. The first-order valence-corrected chi connectivity index (χ1v) is 7.69. The van der Waals surface area contributed by atoms with Crippen LogP contribution in [-0.4, -0.2) is 27.7 Å².